The molecule has 0 unspecified atom stereocenters. The van der Waals surface area contributed by atoms with Crippen molar-refractivity contribution in [3.8, 4) is 17.2 Å². The Morgan fingerprint density at radius 2 is 1.42 bits per heavy atom. The van der Waals surface area contributed by atoms with E-state index in [-0.39, 0.29) is 12.4 Å². The van der Waals surface area contributed by atoms with Crippen LogP contribution in [0.1, 0.15) is 47.9 Å². The molecular weight excluding hydrogens is 498 g/mol. The summed E-state index contributed by atoms with van der Waals surface area (Å²) in [7, 11) is 5.51. The van der Waals surface area contributed by atoms with Crippen LogP contribution in [0.4, 0.5) is 0 Å². The van der Waals surface area contributed by atoms with Gasteiger partial charge < -0.3 is 24.2 Å². The van der Waals surface area contributed by atoms with Crippen LogP contribution in [0, 0.1) is 0 Å². The first-order valence-electron chi connectivity index (χ1n) is 13.4. The molecule has 0 fully saturated rings. The highest BCUT2D eigenvalue weighted by molar-refractivity contribution is 5.85. The first-order valence-corrected chi connectivity index (χ1v) is 13.4. The van der Waals surface area contributed by atoms with Gasteiger partial charge in [-0.2, -0.15) is 0 Å². The minimum absolute atomic E-state index is 0. The number of rotatable bonds is 12. The fourth-order valence-corrected chi connectivity index (χ4v) is 5.14. The maximum Gasteiger partial charge on any atom is 0.161 e. The largest absolute Gasteiger partial charge is 0.493 e. The van der Waals surface area contributed by atoms with Crippen molar-refractivity contribution < 1.29 is 19.3 Å². The van der Waals surface area contributed by atoms with Crippen LogP contribution in [0.3, 0.4) is 0 Å². The lowest BCUT2D eigenvalue weighted by Gasteiger charge is -2.27. The van der Waals surface area contributed by atoms with Gasteiger partial charge in [0, 0.05) is 6.54 Å². The van der Waals surface area contributed by atoms with Crippen LogP contribution in [0.15, 0.2) is 66.7 Å². The maximum absolute atomic E-state index is 11.3. The zero-order valence-electron chi connectivity index (χ0n) is 22.9. The molecule has 0 bridgehead atoms. The summed E-state index contributed by atoms with van der Waals surface area (Å²) in [5.74, 6) is 2.43. The van der Waals surface area contributed by atoms with Crippen LogP contribution in [0.5, 0.6) is 17.2 Å². The molecule has 206 valence electrons. The van der Waals surface area contributed by atoms with Crippen molar-refractivity contribution in [1.82, 2.24) is 4.90 Å². The van der Waals surface area contributed by atoms with Crippen molar-refractivity contribution in [2.75, 3.05) is 34.4 Å². The van der Waals surface area contributed by atoms with Gasteiger partial charge in [0.2, 0.25) is 0 Å². The molecule has 6 heteroatoms. The summed E-state index contributed by atoms with van der Waals surface area (Å²) in [5, 5.41) is 11.3. The summed E-state index contributed by atoms with van der Waals surface area (Å²) in [6.45, 7) is 2.56. The second-order valence-electron chi connectivity index (χ2n) is 10.3. The summed E-state index contributed by atoms with van der Waals surface area (Å²) >= 11 is 0. The van der Waals surface area contributed by atoms with E-state index in [1.165, 1.54) is 22.3 Å². The first kappa shape index (κ1) is 29.8. The molecule has 0 saturated heterocycles. The van der Waals surface area contributed by atoms with E-state index in [4.69, 9.17) is 14.2 Å². The third-order valence-corrected chi connectivity index (χ3v) is 7.56. The highest BCUT2D eigenvalue weighted by atomic mass is 35.5. The van der Waals surface area contributed by atoms with Crippen molar-refractivity contribution in [2.45, 2.75) is 57.2 Å². The molecule has 4 rings (SSSR count). The molecule has 0 radical (unpaired) electrons. The molecular formula is C32H42ClNO4. The molecule has 38 heavy (non-hydrogen) atoms. The zero-order valence-corrected chi connectivity index (χ0v) is 23.8. The van der Waals surface area contributed by atoms with E-state index in [2.05, 4.69) is 60.5 Å². The highest BCUT2D eigenvalue weighted by Crippen LogP contribution is 2.37. The molecule has 0 aliphatic heterocycles. The topological polar surface area (TPSA) is 51.2 Å². The van der Waals surface area contributed by atoms with Gasteiger partial charge >= 0.3 is 0 Å². The van der Waals surface area contributed by atoms with Crippen LogP contribution in [-0.2, 0) is 25.9 Å². The number of ether oxygens (including phenoxy) is 3. The zero-order chi connectivity index (χ0) is 26.1. The lowest BCUT2D eigenvalue weighted by molar-refractivity contribution is 0.0135. The number of hydrogen-bond acceptors (Lipinski definition) is 5. The quantitative estimate of drug-likeness (QED) is 0.275. The molecule has 0 atom stereocenters. The minimum Gasteiger partial charge on any atom is -0.493 e. The normalized spacial score (nSPS) is 14.2. The monoisotopic (exact) mass is 539 g/mol. The fourth-order valence-electron chi connectivity index (χ4n) is 5.14. The van der Waals surface area contributed by atoms with Crippen molar-refractivity contribution in [3.63, 3.8) is 0 Å². The van der Waals surface area contributed by atoms with Gasteiger partial charge in [-0.1, -0.05) is 42.5 Å². The Balaban J connectivity index is 0.00000400. The molecule has 5 nitrogen and oxygen atoms in total. The number of aryl methyl sites for hydroxylation is 2. The van der Waals surface area contributed by atoms with Crippen LogP contribution in [0.2, 0.25) is 0 Å². The fraction of sp³-hybridized carbons (Fsp3) is 0.438. The number of halogens is 1. The number of benzene rings is 3. The van der Waals surface area contributed by atoms with E-state index in [1.807, 2.05) is 18.2 Å². The molecule has 0 amide bonds. The van der Waals surface area contributed by atoms with Crippen LogP contribution >= 0.6 is 12.4 Å². The maximum atomic E-state index is 11.3. The van der Waals surface area contributed by atoms with Crippen LogP contribution < -0.4 is 14.2 Å². The van der Waals surface area contributed by atoms with Gasteiger partial charge in [-0.15, -0.1) is 12.4 Å². The Morgan fingerprint density at radius 1 is 0.816 bits per heavy atom. The summed E-state index contributed by atoms with van der Waals surface area (Å²) in [5.41, 5.74) is 4.40. The minimum atomic E-state index is -0.615. The third kappa shape index (κ3) is 8.39. The van der Waals surface area contributed by atoms with Gasteiger partial charge in [0.25, 0.3) is 0 Å². The molecule has 0 spiro atoms. The Kier molecular flexibility index (Phi) is 11.3. The standard InChI is InChI=1S/C32H41NO4.ClH/c1-33(21-16-25-10-12-29(13-11-25)37-24-26-8-5-4-6-9-26)20-7-17-32(34)18-14-27-22-30(35-2)31(36-3)23-28(27)15-19-32;/h4-6,8-13,22-23,34H,7,14-21,24H2,1-3H3;1H. The van der Waals surface area contributed by atoms with Crippen molar-refractivity contribution in [1.29, 1.82) is 0 Å². The molecule has 1 aliphatic carbocycles. The van der Waals surface area contributed by atoms with E-state index in [9.17, 15) is 5.11 Å². The van der Waals surface area contributed by atoms with Crippen molar-refractivity contribution in [3.05, 3.63) is 89.0 Å². The number of methoxy groups -OCH3 is 2. The Labute approximate surface area is 234 Å². The number of hydrogen-bond donors (Lipinski definition) is 1. The average Bonchev–Trinajstić information content (AvgIpc) is 3.09. The average molecular weight is 540 g/mol. The first-order chi connectivity index (χ1) is 18.0. The van der Waals surface area contributed by atoms with Gasteiger partial charge in [0.1, 0.15) is 12.4 Å². The molecule has 0 saturated carbocycles. The van der Waals surface area contributed by atoms with E-state index < -0.39 is 5.60 Å². The number of fused-ring (bicyclic) bond motifs is 1. The number of likely N-dealkylation sites (N-methyl/N-ethyl adjacent to an activating group) is 1. The van der Waals surface area contributed by atoms with E-state index in [0.717, 1.165) is 75.3 Å². The molecule has 0 heterocycles. The molecule has 1 aliphatic rings. The molecule has 3 aromatic rings. The summed E-state index contributed by atoms with van der Waals surface area (Å²) in [4.78, 5) is 2.37. The highest BCUT2D eigenvalue weighted by Gasteiger charge is 2.30. The predicted molar refractivity (Wildman–Crippen MR) is 156 cm³/mol. The molecule has 3 aromatic carbocycles. The summed E-state index contributed by atoms with van der Waals surface area (Å²) in [6, 6.07) is 22.8. The SMILES string of the molecule is COc1cc2c(cc1OC)CCC(O)(CCCN(C)CCc1ccc(OCc3ccccc3)cc1)CC2.Cl. The van der Waals surface area contributed by atoms with E-state index in [1.54, 1.807) is 14.2 Å². The second-order valence-corrected chi connectivity index (χ2v) is 10.3. The smallest absolute Gasteiger partial charge is 0.161 e. The predicted octanol–water partition coefficient (Wildman–Crippen LogP) is 6.27. The van der Waals surface area contributed by atoms with Crippen LogP contribution in [0.25, 0.3) is 0 Å². The van der Waals surface area contributed by atoms with Crippen molar-refractivity contribution in [2.24, 2.45) is 0 Å². The summed E-state index contributed by atoms with van der Waals surface area (Å²) in [6.07, 6.45) is 6.13. The van der Waals surface area contributed by atoms with E-state index >= 15 is 0 Å². The Morgan fingerprint density at radius 3 is 2.00 bits per heavy atom. The Hall–Kier alpha value is -2.73. The lowest BCUT2D eigenvalue weighted by atomic mass is 9.89. The summed E-state index contributed by atoms with van der Waals surface area (Å²) < 4.78 is 16.8. The molecule has 1 N–H and O–H groups in total. The van der Waals surface area contributed by atoms with E-state index in [0.29, 0.717) is 6.61 Å². The Bertz CT molecular complexity index is 1090. The van der Waals surface area contributed by atoms with Crippen LogP contribution in [-0.4, -0.2) is 50.0 Å². The van der Waals surface area contributed by atoms with Gasteiger partial charge in [-0.25, -0.2) is 0 Å². The molecule has 0 aromatic heterocycles. The second kappa shape index (κ2) is 14.4. The third-order valence-electron chi connectivity index (χ3n) is 7.56. The number of aliphatic hydroxyl groups is 1. The van der Waals surface area contributed by atoms with Gasteiger partial charge in [-0.3, -0.25) is 0 Å². The van der Waals surface area contributed by atoms with Gasteiger partial charge in [-0.05, 0) is 105 Å². The van der Waals surface area contributed by atoms with Gasteiger partial charge in [0.05, 0.1) is 19.8 Å². The van der Waals surface area contributed by atoms with Crippen molar-refractivity contribution >= 4 is 12.4 Å². The van der Waals surface area contributed by atoms with Gasteiger partial charge in [0.15, 0.2) is 11.5 Å². The number of nitrogens with zero attached hydrogens (tertiary/aromatic N) is 1. The lowest BCUT2D eigenvalue weighted by Crippen LogP contribution is -2.31.